The van der Waals surface area contributed by atoms with Crippen molar-refractivity contribution in [2.75, 3.05) is 7.05 Å². The Morgan fingerprint density at radius 3 is 2.20 bits per heavy atom. The minimum atomic E-state index is -4.56. The predicted molar refractivity (Wildman–Crippen MR) is 113 cm³/mol. The highest BCUT2D eigenvalue weighted by Crippen LogP contribution is 2.46. The molecule has 1 fully saturated rings. The van der Waals surface area contributed by atoms with E-state index in [1.165, 1.54) is 19.2 Å². The van der Waals surface area contributed by atoms with Crippen molar-refractivity contribution in [2.24, 2.45) is 11.0 Å². The predicted octanol–water partition coefficient (Wildman–Crippen LogP) is 4.10. The van der Waals surface area contributed by atoms with Crippen molar-refractivity contribution < 1.29 is 41.4 Å². The Labute approximate surface area is 196 Å². The van der Waals surface area contributed by atoms with Gasteiger partial charge >= 0.3 is 12.1 Å². The molecule has 7 nitrogen and oxygen atoms in total. The summed E-state index contributed by atoms with van der Waals surface area (Å²) in [5.74, 6) is -3.48. The van der Waals surface area contributed by atoms with Gasteiger partial charge in [0.15, 0.2) is 0 Å². The van der Waals surface area contributed by atoms with Crippen LogP contribution in [0.5, 0.6) is 5.75 Å². The lowest BCUT2D eigenvalue weighted by molar-refractivity contribution is -0.137. The summed E-state index contributed by atoms with van der Waals surface area (Å²) in [6.45, 7) is 0. The monoisotopic (exact) mass is 497 g/mol. The van der Waals surface area contributed by atoms with Gasteiger partial charge in [-0.05, 0) is 54.8 Å². The summed E-state index contributed by atoms with van der Waals surface area (Å²) >= 11 is 0. The lowest BCUT2D eigenvalue weighted by Gasteiger charge is -2.27. The van der Waals surface area contributed by atoms with Gasteiger partial charge in [-0.2, -0.15) is 18.3 Å². The van der Waals surface area contributed by atoms with Crippen LogP contribution in [0.2, 0.25) is 0 Å². The fourth-order valence-electron chi connectivity index (χ4n) is 3.97. The number of benzene rings is 2. The van der Waals surface area contributed by atoms with E-state index in [-0.39, 0.29) is 11.3 Å². The van der Waals surface area contributed by atoms with E-state index in [0.717, 1.165) is 29.3 Å². The van der Waals surface area contributed by atoms with Gasteiger partial charge in [-0.15, -0.1) is 0 Å². The average molecular weight is 497 g/mol. The maximum Gasteiger partial charge on any atom is 0.416 e. The van der Waals surface area contributed by atoms with Crippen LogP contribution >= 0.6 is 0 Å². The number of carboxylic acids is 1. The van der Waals surface area contributed by atoms with Gasteiger partial charge in [-0.3, -0.25) is 9.80 Å². The van der Waals surface area contributed by atoms with Gasteiger partial charge in [0.1, 0.15) is 17.4 Å². The maximum atomic E-state index is 13.7. The third-order valence-corrected chi connectivity index (χ3v) is 5.99. The summed E-state index contributed by atoms with van der Waals surface area (Å²) < 4.78 is 71.6. The van der Waals surface area contributed by atoms with E-state index in [1.54, 1.807) is 12.1 Å². The summed E-state index contributed by atoms with van der Waals surface area (Å²) in [7, 11) is 1.32. The van der Waals surface area contributed by atoms with Crippen molar-refractivity contribution in [3.63, 3.8) is 0 Å². The summed E-state index contributed by atoms with van der Waals surface area (Å²) in [5.41, 5.74) is -1.79. The molecule has 0 radical (unpaired) electrons. The number of hydrogen-bond acceptors (Lipinski definition) is 5. The second-order valence-electron chi connectivity index (χ2n) is 8.36. The first-order valence-corrected chi connectivity index (χ1v) is 10.5. The summed E-state index contributed by atoms with van der Waals surface area (Å²) in [6.07, 6.45) is -7.92. The van der Waals surface area contributed by atoms with Crippen LogP contribution < -0.4 is 10.1 Å². The molecule has 1 heterocycles. The van der Waals surface area contributed by atoms with Crippen LogP contribution in [0.4, 0.5) is 22.0 Å². The number of ether oxygens (including phenoxy) is 1. The molecule has 2 aromatic carbocycles. The third-order valence-electron chi connectivity index (χ3n) is 5.99. The molecule has 2 aromatic rings. The highest BCUT2D eigenvalue weighted by molar-refractivity contribution is 6.07. The normalized spacial score (nSPS) is 21.0. The summed E-state index contributed by atoms with van der Waals surface area (Å²) in [4.78, 5) is 24.3. The summed E-state index contributed by atoms with van der Waals surface area (Å²) in [5, 5.41) is 16.6. The Morgan fingerprint density at radius 2 is 1.71 bits per heavy atom. The number of hydrazone groups is 1. The van der Waals surface area contributed by atoms with Gasteiger partial charge in [-0.25, -0.2) is 13.6 Å². The molecular weight excluding hydrogens is 477 g/mol. The second kappa shape index (κ2) is 8.82. The van der Waals surface area contributed by atoms with Crippen LogP contribution in [0.1, 0.15) is 34.3 Å². The topological polar surface area (TPSA) is 91.2 Å². The lowest BCUT2D eigenvalue weighted by atomic mass is 9.98. The fraction of sp³-hybridized carbons (Fsp3) is 0.348. The molecule has 2 N–H and O–H groups in total. The number of hydrogen-bond donors (Lipinski definition) is 2. The maximum absolute atomic E-state index is 13.7. The van der Waals surface area contributed by atoms with Crippen LogP contribution in [0, 0.1) is 5.92 Å². The molecule has 4 rings (SSSR count). The van der Waals surface area contributed by atoms with Gasteiger partial charge in [0.05, 0.1) is 16.7 Å². The van der Waals surface area contributed by atoms with Crippen LogP contribution in [0.15, 0.2) is 53.6 Å². The zero-order valence-corrected chi connectivity index (χ0v) is 18.2. The Morgan fingerprint density at radius 1 is 1.11 bits per heavy atom. The van der Waals surface area contributed by atoms with Crippen molar-refractivity contribution in [1.82, 2.24) is 10.3 Å². The van der Waals surface area contributed by atoms with Gasteiger partial charge in [0.25, 0.3) is 6.43 Å². The van der Waals surface area contributed by atoms with Crippen LogP contribution in [0.3, 0.4) is 0 Å². The van der Waals surface area contributed by atoms with Gasteiger partial charge in [-0.1, -0.05) is 12.1 Å². The number of amides is 1. The van der Waals surface area contributed by atoms with E-state index >= 15 is 0 Å². The Balaban J connectivity index is 1.55. The molecule has 1 amide bonds. The summed E-state index contributed by atoms with van der Waals surface area (Å²) in [6, 6.07) is 9.52. The number of nitrogens with zero attached hydrogens (tertiary/aromatic N) is 2. The first-order valence-electron chi connectivity index (χ1n) is 10.5. The Hall–Kier alpha value is -3.70. The number of halogens is 5. The molecule has 1 aliphatic heterocycles. The molecule has 2 aliphatic rings. The molecule has 1 aliphatic carbocycles. The zero-order chi connectivity index (χ0) is 25.5. The van der Waals surface area contributed by atoms with E-state index < -0.39 is 53.4 Å². The molecular formula is C23H20F5N3O4. The molecule has 186 valence electrons. The second-order valence-corrected chi connectivity index (χ2v) is 8.36. The number of carbonyl (C=O) groups is 2. The van der Waals surface area contributed by atoms with Gasteiger partial charge < -0.3 is 15.2 Å². The Bertz CT molecular complexity index is 1150. The van der Waals surface area contributed by atoms with E-state index in [2.05, 4.69) is 10.4 Å². The van der Waals surface area contributed by atoms with E-state index in [9.17, 15) is 31.5 Å². The molecule has 0 spiro atoms. The van der Waals surface area contributed by atoms with E-state index in [1.807, 2.05) is 0 Å². The van der Waals surface area contributed by atoms with Crippen molar-refractivity contribution in [2.45, 2.75) is 37.2 Å². The van der Waals surface area contributed by atoms with E-state index in [0.29, 0.717) is 18.4 Å². The first-order chi connectivity index (χ1) is 16.4. The molecule has 12 heteroatoms. The average Bonchev–Trinajstić information content (AvgIpc) is 3.50. The highest BCUT2D eigenvalue weighted by Gasteiger charge is 2.51. The molecule has 0 saturated heterocycles. The smallest absolute Gasteiger partial charge is 0.416 e. The van der Waals surface area contributed by atoms with Crippen molar-refractivity contribution in [3.8, 4) is 5.75 Å². The van der Waals surface area contributed by atoms with Gasteiger partial charge in [0.2, 0.25) is 12.1 Å². The number of aromatic carboxylic acids is 1. The number of nitrogens with one attached hydrogen (secondary N) is 1. The van der Waals surface area contributed by atoms with Crippen LogP contribution in [0.25, 0.3) is 0 Å². The number of rotatable bonds is 7. The number of alkyl halides is 5. The van der Waals surface area contributed by atoms with Crippen LogP contribution in [-0.4, -0.2) is 47.4 Å². The van der Waals surface area contributed by atoms with Crippen LogP contribution in [-0.2, 0) is 16.5 Å². The molecule has 2 atom stereocenters. The third kappa shape index (κ3) is 4.91. The number of carbonyl (C=O) groups excluding carboxylic acids is 1. The quantitative estimate of drug-likeness (QED) is 0.563. The fourth-order valence-corrected chi connectivity index (χ4v) is 3.97. The Kier molecular flexibility index (Phi) is 6.16. The number of carboxylic acid groups (broad SMARTS) is 1. The lowest BCUT2D eigenvalue weighted by Crippen LogP contribution is -2.49. The van der Waals surface area contributed by atoms with Gasteiger partial charge in [0, 0.05) is 7.05 Å². The minimum Gasteiger partial charge on any atom is -0.478 e. The first kappa shape index (κ1) is 24.4. The van der Waals surface area contributed by atoms with Crippen molar-refractivity contribution in [3.05, 3.63) is 65.2 Å². The zero-order valence-electron chi connectivity index (χ0n) is 18.2. The van der Waals surface area contributed by atoms with Crippen molar-refractivity contribution >= 4 is 17.6 Å². The molecule has 35 heavy (non-hydrogen) atoms. The molecule has 0 aromatic heterocycles. The highest BCUT2D eigenvalue weighted by atomic mass is 19.4. The van der Waals surface area contributed by atoms with Crippen molar-refractivity contribution in [1.29, 1.82) is 0 Å². The molecule has 1 saturated carbocycles. The standard InChI is InChI=1S/C23H20F5N3O4/c1-31-20(35-15-8-6-14(7-9-15)23(26,27)28)16(17(30-31)18(24)25)19(32)29-22(10-11-22)13-4-2-12(3-5-13)21(33)34/h2-9,16,18,20H,10-11H2,1H3,(H,29,32)(H,33,34). The molecule has 2 unspecified atom stereocenters. The minimum absolute atomic E-state index is 0.0521. The SMILES string of the molecule is CN1N=C(C(F)F)C(C(=O)NC2(c3ccc(C(=O)O)cc3)CC2)C1Oc1ccc(C(F)(F)F)cc1. The molecule has 0 bridgehead atoms. The largest absolute Gasteiger partial charge is 0.478 e. The van der Waals surface area contributed by atoms with E-state index in [4.69, 9.17) is 9.84 Å².